The molecule has 0 saturated carbocycles. The molecule has 0 saturated heterocycles. The first-order valence-corrected chi connectivity index (χ1v) is 8.68. The van der Waals surface area contributed by atoms with Gasteiger partial charge in [-0.15, -0.1) is 0 Å². The average Bonchev–Trinajstić information content (AvgIpc) is 2.72. The van der Waals surface area contributed by atoms with Gasteiger partial charge in [0.05, 0.1) is 22.8 Å². The third-order valence-corrected chi connectivity index (χ3v) is 4.42. The van der Waals surface area contributed by atoms with E-state index in [0.717, 1.165) is 27.6 Å². The molecular formula is C21H18N6O. The number of hydrogen-bond acceptors (Lipinski definition) is 6. The first-order valence-electron chi connectivity index (χ1n) is 8.68. The maximum atomic E-state index is 12.5. The summed E-state index contributed by atoms with van der Waals surface area (Å²) < 4.78 is 0. The number of anilines is 2. The fraction of sp³-hybridized carbons (Fsp3) is 0.0476. The lowest BCUT2D eigenvalue weighted by Crippen LogP contribution is -2.07. The average molecular weight is 370 g/mol. The zero-order valence-corrected chi connectivity index (χ0v) is 15.2. The molecule has 28 heavy (non-hydrogen) atoms. The molecule has 0 aliphatic heterocycles. The minimum Gasteiger partial charge on any atom is -0.404 e. The van der Waals surface area contributed by atoms with Gasteiger partial charge in [0.25, 0.3) is 5.56 Å². The molecule has 0 aliphatic carbocycles. The highest BCUT2D eigenvalue weighted by atomic mass is 16.1. The first kappa shape index (κ1) is 17.4. The maximum Gasteiger partial charge on any atom is 0.258 e. The van der Waals surface area contributed by atoms with Crippen molar-refractivity contribution >= 4 is 45.0 Å². The zero-order valence-electron chi connectivity index (χ0n) is 15.2. The van der Waals surface area contributed by atoms with Crippen LogP contribution in [0.2, 0.25) is 0 Å². The number of pyridine rings is 3. The molecule has 4 rings (SSSR count). The molecule has 3 aromatic heterocycles. The fourth-order valence-electron chi connectivity index (χ4n) is 3.16. The standard InChI is InChI=1S/C21H18N6O/c1-23-11-14(10-22)13-4-5-16-17(9-13)19-18(6-8-25-21(19)28)27-20(16)26-15-3-2-7-24-12-15/h2-12H,22H2,1H3,(H,25,28)(H,26,27)/b14-10+,23-11?. The summed E-state index contributed by atoms with van der Waals surface area (Å²) in [5, 5.41) is 5.42. The van der Waals surface area contributed by atoms with E-state index >= 15 is 0 Å². The van der Waals surface area contributed by atoms with E-state index in [-0.39, 0.29) is 5.56 Å². The minimum absolute atomic E-state index is 0.192. The Bertz CT molecular complexity index is 1270. The Morgan fingerprint density at radius 3 is 2.89 bits per heavy atom. The zero-order chi connectivity index (χ0) is 19.5. The summed E-state index contributed by atoms with van der Waals surface area (Å²) in [5.41, 5.74) is 8.61. The summed E-state index contributed by atoms with van der Waals surface area (Å²) in [6.45, 7) is 0. The fourth-order valence-corrected chi connectivity index (χ4v) is 3.16. The summed E-state index contributed by atoms with van der Waals surface area (Å²) in [7, 11) is 1.69. The van der Waals surface area contributed by atoms with Crippen LogP contribution >= 0.6 is 0 Å². The van der Waals surface area contributed by atoms with E-state index in [4.69, 9.17) is 5.73 Å². The molecule has 7 heteroatoms. The lowest BCUT2D eigenvalue weighted by atomic mass is 10.0. The van der Waals surface area contributed by atoms with Gasteiger partial charge in [0, 0.05) is 48.2 Å². The molecule has 138 valence electrons. The number of fused-ring (bicyclic) bond motifs is 3. The Balaban J connectivity index is 2.02. The molecule has 7 nitrogen and oxygen atoms in total. The normalized spacial score (nSPS) is 12.1. The number of nitrogens with two attached hydrogens (primary N) is 1. The number of hydrogen-bond donors (Lipinski definition) is 3. The van der Waals surface area contributed by atoms with Crippen LogP contribution < -0.4 is 16.6 Å². The summed E-state index contributed by atoms with van der Waals surface area (Å²) in [6, 6.07) is 11.3. The van der Waals surface area contributed by atoms with Crippen molar-refractivity contribution in [3.05, 3.63) is 77.1 Å². The Hall–Kier alpha value is -4.00. The highest BCUT2D eigenvalue weighted by molar-refractivity contribution is 6.14. The largest absolute Gasteiger partial charge is 0.404 e. The van der Waals surface area contributed by atoms with Crippen LogP contribution in [0.1, 0.15) is 5.56 Å². The third kappa shape index (κ3) is 3.09. The lowest BCUT2D eigenvalue weighted by Gasteiger charge is -2.12. The van der Waals surface area contributed by atoms with Crippen molar-refractivity contribution in [2.24, 2.45) is 10.7 Å². The van der Waals surface area contributed by atoms with E-state index in [9.17, 15) is 4.79 Å². The molecule has 0 spiro atoms. The quantitative estimate of drug-likeness (QED) is 0.377. The van der Waals surface area contributed by atoms with Crippen molar-refractivity contribution in [2.75, 3.05) is 12.4 Å². The summed E-state index contributed by atoms with van der Waals surface area (Å²) in [5.74, 6) is 0.648. The summed E-state index contributed by atoms with van der Waals surface area (Å²) in [6.07, 6.45) is 8.20. The number of aromatic amines is 1. The van der Waals surface area contributed by atoms with Gasteiger partial charge in [-0.05, 0) is 29.8 Å². The maximum absolute atomic E-state index is 12.5. The van der Waals surface area contributed by atoms with Gasteiger partial charge in [-0.25, -0.2) is 4.98 Å². The van der Waals surface area contributed by atoms with Gasteiger partial charge in [-0.2, -0.15) is 0 Å². The van der Waals surface area contributed by atoms with Gasteiger partial charge in [-0.1, -0.05) is 12.1 Å². The number of nitrogens with zero attached hydrogens (tertiary/aromatic N) is 3. The van der Waals surface area contributed by atoms with Crippen LogP contribution in [-0.2, 0) is 0 Å². The lowest BCUT2D eigenvalue weighted by molar-refractivity contribution is 1.26. The number of rotatable bonds is 4. The van der Waals surface area contributed by atoms with E-state index in [1.54, 1.807) is 37.9 Å². The molecule has 0 radical (unpaired) electrons. The van der Waals surface area contributed by atoms with Crippen molar-refractivity contribution in [1.29, 1.82) is 0 Å². The molecule has 0 aliphatic rings. The second kappa shape index (κ2) is 7.32. The Labute approximate surface area is 160 Å². The second-order valence-electron chi connectivity index (χ2n) is 6.16. The van der Waals surface area contributed by atoms with Crippen LogP contribution in [0.3, 0.4) is 0 Å². The van der Waals surface area contributed by atoms with Gasteiger partial charge in [0.1, 0.15) is 5.82 Å². The summed E-state index contributed by atoms with van der Waals surface area (Å²) in [4.78, 5) is 28.1. The molecule has 0 unspecified atom stereocenters. The highest BCUT2D eigenvalue weighted by Gasteiger charge is 2.13. The van der Waals surface area contributed by atoms with Crippen molar-refractivity contribution in [3.63, 3.8) is 0 Å². The second-order valence-corrected chi connectivity index (χ2v) is 6.16. The van der Waals surface area contributed by atoms with E-state index in [1.165, 1.54) is 6.20 Å². The van der Waals surface area contributed by atoms with Gasteiger partial charge < -0.3 is 16.0 Å². The van der Waals surface area contributed by atoms with Crippen molar-refractivity contribution in [3.8, 4) is 0 Å². The predicted molar refractivity (Wildman–Crippen MR) is 114 cm³/mol. The van der Waals surface area contributed by atoms with E-state index in [2.05, 4.69) is 25.3 Å². The van der Waals surface area contributed by atoms with Crippen molar-refractivity contribution < 1.29 is 0 Å². The topological polar surface area (TPSA) is 109 Å². The number of H-pyrrole nitrogens is 1. The molecule has 0 amide bonds. The van der Waals surface area contributed by atoms with Crippen LogP contribution in [0, 0.1) is 0 Å². The number of aliphatic imine (C=N–C) groups is 1. The summed E-state index contributed by atoms with van der Waals surface area (Å²) >= 11 is 0. The SMILES string of the molecule is CN=C/C(=C\N)c1ccc2c(Nc3cccnc3)nc3cc[nH]c(=O)c3c2c1. The van der Waals surface area contributed by atoms with E-state index < -0.39 is 0 Å². The number of nitrogens with one attached hydrogen (secondary N) is 2. The van der Waals surface area contributed by atoms with Crippen LogP contribution in [0.25, 0.3) is 27.2 Å². The number of benzene rings is 1. The van der Waals surface area contributed by atoms with Gasteiger partial charge in [0.2, 0.25) is 0 Å². The smallest absolute Gasteiger partial charge is 0.258 e. The molecule has 3 heterocycles. The van der Waals surface area contributed by atoms with E-state index in [0.29, 0.717) is 16.7 Å². The molecule has 0 bridgehead atoms. The predicted octanol–water partition coefficient (Wildman–Crippen LogP) is 3.22. The van der Waals surface area contributed by atoms with Crippen molar-refractivity contribution in [1.82, 2.24) is 15.0 Å². The van der Waals surface area contributed by atoms with Crippen LogP contribution in [-0.4, -0.2) is 28.2 Å². The Kier molecular flexibility index (Phi) is 4.55. The molecule has 1 aromatic carbocycles. The van der Waals surface area contributed by atoms with Crippen LogP contribution in [0.4, 0.5) is 11.5 Å². The molecule has 4 aromatic rings. The first-order chi connectivity index (χ1) is 13.7. The third-order valence-electron chi connectivity index (χ3n) is 4.42. The molecule has 4 N–H and O–H groups in total. The van der Waals surface area contributed by atoms with Crippen LogP contribution in [0.5, 0.6) is 0 Å². The number of allylic oxidation sites excluding steroid dienone is 1. The monoisotopic (exact) mass is 370 g/mol. The van der Waals surface area contributed by atoms with Crippen molar-refractivity contribution in [2.45, 2.75) is 0 Å². The molecule has 0 fully saturated rings. The number of aromatic nitrogens is 3. The highest BCUT2D eigenvalue weighted by Crippen LogP contribution is 2.31. The van der Waals surface area contributed by atoms with Gasteiger partial charge in [-0.3, -0.25) is 14.8 Å². The molecular weight excluding hydrogens is 352 g/mol. The Morgan fingerprint density at radius 1 is 1.25 bits per heavy atom. The minimum atomic E-state index is -0.192. The van der Waals surface area contributed by atoms with E-state index in [1.807, 2.05) is 30.3 Å². The van der Waals surface area contributed by atoms with Crippen LogP contribution in [0.15, 0.2) is 71.0 Å². The van der Waals surface area contributed by atoms with Gasteiger partial charge >= 0.3 is 0 Å². The molecule has 0 atom stereocenters. The van der Waals surface area contributed by atoms with Gasteiger partial charge in [0.15, 0.2) is 0 Å². The Morgan fingerprint density at radius 2 is 2.14 bits per heavy atom.